The van der Waals surface area contributed by atoms with Crippen molar-refractivity contribution in [1.82, 2.24) is 10.3 Å². The first-order chi connectivity index (χ1) is 6.68. The largest absolute Gasteiger partial charge is 0.375 e. The van der Waals surface area contributed by atoms with E-state index < -0.39 is 0 Å². The quantitative estimate of drug-likeness (QED) is 0.366. The Morgan fingerprint density at radius 3 is 3.29 bits per heavy atom. The fraction of sp³-hybridized carbons (Fsp3) is 0.429. The maximum atomic E-state index is 11.1. The lowest BCUT2D eigenvalue weighted by Gasteiger charge is -2.41. The van der Waals surface area contributed by atoms with Crippen LogP contribution in [0.5, 0.6) is 0 Å². The number of fused-ring (bicyclic) bond motifs is 1. The Balaban J connectivity index is 2.08. The molecule has 0 spiro atoms. The number of nitrogens with one attached hydrogen (secondary N) is 1. The van der Waals surface area contributed by atoms with Gasteiger partial charge in [-0.3, -0.25) is 4.79 Å². The molecule has 1 amide bonds. The summed E-state index contributed by atoms with van der Waals surface area (Å²) in [4.78, 5) is 12.8. The molecule has 2 atom stereocenters. The smallest absolute Gasteiger partial charge is 0.230 e. The van der Waals surface area contributed by atoms with Gasteiger partial charge in [-0.2, -0.15) is 0 Å². The fourth-order valence-corrected chi connectivity index (χ4v) is 3.18. The van der Waals surface area contributed by atoms with Crippen molar-refractivity contribution in [3.8, 4) is 0 Å². The Kier molecular flexibility index (Phi) is 2.51. The minimum atomic E-state index is -0.209. The Morgan fingerprint density at radius 1 is 1.86 bits per heavy atom. The van der Waals surface area contributed by atoms with Crippen molar-refractivity contribution in [3.63, 3.8) is 0 Å². The number of nitrogens with two attached hydrogens (primary N) is 1. The summed E-state index contributed by atoms with van der Waals surface area (Å²) < 4.78 is 4.17. The number of nitrogens with zero attached hydrogens (tertiary/aromatic N) is 2. The molecule has 0 aromatic carbocycles. The number of β-lactam (4-membered cyclic amide) rings is 1. The Morgan fingerprint density at radius 2 is 2.64 bits per heavy atom. The second-order valence-electron chi connectivity index (χ2n) is 2.98. The van der Waals surface area contributed by atoms with Gasteiger partial charge in [0.1, 0.15) is 5.37 Å². The Labute approximate surface area is 89.4 Å². The van der Waals surface area contributed by atoms with E-state index in [4.69, 9.17) is 5.73 Å². The van der Waals surface area contributed by atoms with Crippen LogP contribution in [0.25, 0.3) is 0 Å². The molecule has 14 heavy (non-hydrogen) atoms. The predicted octanol–water partition coefficient (Wildman–Crippen LogP) is -0.378. The number of hydrogen-bond acceptors (Lipinski definition) is 3. The number of carbonyl (C=O) groups excluding carboxylic acids is 1. The highest BCUT2D eigenvalue weighted by atomic mass is 32.2. The van der Waals surface area contributed by atoms with Crippen molar-refractivity contribution < 1.29 is 4.79 Å². The molecule has 1 fully saturated rings. The van der Waals surface area contributed by atoms with Gasteiger partial charge < -0.3 is 10.6 Å². The van der Waals surface area contributed by atoms with Crippen LogP contribution in [0.3, 0.4) is 0 Å². The normalized spacial score (nSPS) is 29.7. The molecule has 3 N–H and O–H groups in total. The standard InChI is InChI=1S/C7H10N4OS2/c8-7(13)9-10-14-3-1-2-11-5(12)4-6(11)14/h1-2,6H,3-4H2,(H3,8,9,13). The van der Waals surface area contributed by atoms with Crippen molar-refractivity contribution in [2.45, 2.75) is 11.8 Å². The van der Waals surface area contributed by atoms with Crippen molar-refractivity contribution in [2.24, 2.45) is 10.2 Å². The first-order valence-corrected chi connectivity index (χ1v) is 5.94. The zero-order valence-corrected chi connectivity index (χ0v) is 8.98. The second kappa shape index (κ2) is 3.66. The fourth-order valence-electron chi connectivity index (χ4n) is 1.38. The van der Waals surface area contributed by atoms with Crippen molar-refractivity contribution in [2.75, 3.05) is 5.75 Å². The lowest BCUT2D eigenvalue weighted by molar-refractivity contribution is -0.137. The van der Waals surface area contributed by atoms with Crippen LogP contribution >= 0.6 is 12.2 Å². The highest BCUT2D eigenvalue weighted by molar-refractivity contribution is 7.88. The van der Waals surface area contributed by atoms with E-state index in [1.54, 1.807) is 4.90 Å². The zero-order valence-electron chi connectivity index (χ0n) is 7.34. The minimum absolute atomic E-state index is 0.161. The predicted molar refractivity (Wildman–Crippen MR) is 59.0 cm³/mol. The molecule has 76 valence electrons. The van der Waals surface area contributed by atoms with Crippen LogP contribution < -0.4 is 11.2 Å². The molecular formula is C7H10N4OS2. The van der Waals surface area contributed by atoms with Gasteiger partial charge in [0.15, 0.2) is 5.11 Å². The van der Waals surface area contributed by atoms with Gasteiger partial charge in [-0.05, 0) is 22.9 Å². The van der Waals surface area contributed by atoms with Crippen LogP contribution in [0.15, 0.2) is 16.7 Å². The molecule has 1 saturated heterocycles. The average Bonchev–Trinajstić information content (AvgIpc) is 2.14. The number of hydrogen-bond donors (Lipinski definition) is 2. The molecular weight excluding hydrogens is 220 g/mol. The topological polar surface area (TPSA) is 70.7 Å². The van der Waals surface area contributed by atoms with E-state index in [2.05, 4.69) is 22.1 Å². The van der Waals surface area contributed by atoms with Crippen LogP contribution in [0.1, 0.15) is 6.42 Å². The number of thiocarbonyl (C=S) groups is 1. The van der Waals surface area contributed by atoms with E-state index in [0.717, 1.165) is 5.75 Å². The number of amides is 1. The summed E-state index contributed by atoms with van der Waals surface area (Å²) in [7, 11) is -0.209. The third-order valence-corrected chi connectivity index (χ3v) is 4.04. The summed E-state index contributed by atoms with van der Waals surface area (Å²) in [5, 5.41) is 0.388. The lowest BCUT2D eigenvalue weighted by atomic mass is 10.2. The number of rotatable bonds is 1. The molecule has 2 unspecified atom stereocenters. The summed E-state index contributed by atoms with van der Waals surface area (Å²) in [5.74, 6) is 1.01. The third-order valence-electron chi connectivity index (χ3n) is 2.07. The molecule has 0 aromatic rings. The van der Waals surface area contributed by atoms with E-state index >= 15 is 0 Å². The number of carbonyl (C=O) groups is 1. The highest BCUT2D eigenvalue weighted by Gasteiger charge is 2.39. The van der Waals surface area contributed by atoms with Crippen LogP contribution in [-0.2, 0) is 15.5 Å². The lowest BCUT2D eigenvalue weighted by Crippen LogP contribution is -2.53. The van der Waals surface area contributed by atoms with E-state index in [1.807, 2.05) is 12.3 Å². The van der Waals surface area contributed by atoms with Gasteiger partial charge in [0.2, 0.25) is 5.91 Å². The Bertz CT molecular complexity index is 352. The van der Waals surface area contributed by atoms with Crippen molar-refractivity contribution in [3.05, 3.63) is 12.3 Å². The summed E-state index contributed by atoms with van der Waals surface area (Å²) in [6.45, 7) is 0. The van der Waals surface area contributed by atoms with E-state index in [9.17, 15) is 4.79 Å². The van der Waals surface area contributed by atoms with Gasteiger partial charge in [-0.15, -0.1) is 4.47 Å². The van der Waals surface area contributed by atoms with Crippen LogP contribution in [0.2, 0.25) is 0 Å². The Hall–Kier alpha value is -0.950. The van der Waals surface area contributed by atoms with E-state index in [1.165, 1.54) is 0 Å². The molecule has 2 rings (SSSR count). The molecule has 0 aliphatic carbocycles. The second-order valence-corrected chi connectivity index (χ2v) is 5.28. The molecule has 0 radical (unpaired) electrons. The molecule has 7 heteroatoms. The third kappa shape index (κ3) is 1.64. The van der Waals surface area contributed by atoms with Crippen molar-refractivity contribution >= 4 is 33.9 Å². The molecule has 2 aliphatic rings. The van der Waals surface area contributed by atoms with Gasteiger partial charge in [-0.1, -0.05) is 6.08 Å². The highest BCUT2D eigenvalue weighted by Crippen LogP contribution is 2.26. The molecule has 0 bridgehead atoms. The van der Waals surface area contributed by atoms with E-state index in [0.29, 0.717) is 6.42 Å². The van der Waals surface area contributed by atoms with Gasteiger partial charge in [0.05, 0.1) is 6.42 Å². The molecule has 0 aromatic heterocycles. The first-order valence-electron chi connectivity index (χ1n) is 4.12. The minimum Gasteiger partial charge on any atom is -0.375 e. The molecule has 0 saturated carbocycles. The zero-order chi connectivity index (χ0) is 10.1. The van der Waals surface area contributed by atoms with Crippen LogP contribution in [0.4, 0.5) is 0 Å². The van der Waals surface area contributed by atoms with Gasteiger partial charge in [0.25, 0.3) is 0 Å². The van der Waals surface area contributed by atoms with E-state index in [-0.39, 0.29) is 27.1 Å². The van der Waals surface area contributed by atoms with Crippen LogP contribution in [0, 0.1) is 0 Å². The SMILES string of the molecule is NC(=S)N/N=S1\CC=CN2C(=O)CC21. The summed E-state index contributed by atoms with van der Waals surface area (Å²) in [6, 6.07) is 0. The summed E-state index contributed by atoms with van der Waals surface area (Å²) >= 11 is 4.65. The molecule has 2 aliphatic heterocycles. The van der Waals surface area contributed by atoms with Gasteiger partial charge in [0, 0.05) is 12.0 Å². The summed E-state index contributed by atoms with van der Waals surface area (Å²) in [5.41, 5.74) is 7.86. The first kappa shape index (κ1) is 9.60. The monoisotopic (exact) mass is 230 g/mol. The molecule has 5 nitrogen and oxygen atoms in total. The summed E-state index contributed by atoms with van der Waals surface area (Å²) in [6.07, 6.45) is 4.35. The van der Waals surface area contributed by atoms with Crippen LogP contribution in [-0.4, -0.2) is 27.0 Å². The average molecular weight is 230 g/mol. The van der Waals surface area contributed by atoms with Gasteiger partial charge >= 0.3 is 0 Å². The maximum Gasteiger partial charge on any atom is 0.230 e. The van der Waals surface area contributed by atoms with Gasteiger partial charge in [-0.25, -0.2) is 5.43 Å². The van der Waals surface area contributed by atoms with Crippen molar-refractivity contribution in [1.29, 1.82) is 0 Å². The maximum absolute atomic E-state index is 11.1. The molecule has 2 heterocycles.